The summed E-state index contributed by atoms with van der Waals surface area (Å²) in [5.74, 6) is 1.38. The predicted molar refractivity (Wildman–Crippen MR) is 151 cm³/mol. The molecule has 6 aliphatic rings. The Kier molecular flexibility index (Phi) is 7.88. The molecule has 0 bridgehead atoms. The Morgan fingerprint density at radius 1 is 1.25 bits per heavy atom. The summed E-state index contributed by atoms with van der Waals surface area (Å²) < 4.78 is 38.2. The molecule has 40 heavy (non-hydrogen) atoms. The molecule has 9 atom stereocenters. The van der Waals surface area contributed by atoms with Gasteiger partial charge in [-0.15, -0.1) is 23.2 Å². The SMILES string of the molecule is CC1CCC(CN2[C@H](C(C)(F)C3=CC=CC(Cl)[C@@H]3F)N[C@@H]3N=C(C4NN[C@@H](O)O4)NC32C2=C[C@H](Cl)CN=C2)CC1. The molecule has 0 aromatic rings. The number of fused-ring (bicyclic) bond motifs is 1. The third-order valence-corrected chi connectivity index (χ3v) is 9.67. The first-order valence-corrected chi connectivity index (χ1v) is 14.9. The number of aliphatic hydroxyl groups is 1. The van der Waals surface area contributed by atoms with E-state index in [1.54, 1.807) is 12.3 Å². The standard InChI is InChI=1S/C27H37Cl2F2N7O2/c1-14-6-8-15(9-7-14)13-38-24(26(2,31)18-4-3-5-19(29)20(18)30)34-23-27(38,16-10-17(28)12-32-11-16)35-21(33-23)22-36-37-25(39)40-22/h3-5,10-11,14-15,17,19-20,22-25,34,36-37,39H,6-9,12-13H2,1-2H3,(H,33,35)/t14?,15?,17-,19?,20+,22?,23-,24+,25-,26?,27?/m0/s1. The molecule has 0 radical (unpaired) electrons. The molecule has 4 unspecified atom stereocenters. The molecular weight excluding hydrogens is 563 g/mol. The van der Waals surface area contributed by atoms with Crippen molar-refractivity contribution in [2.45, 2.75) is 92.8 Å². The van der Waals surface area contributed by atoms with Crippen LogP contribution in [0, 0.1) is 11.8 Å². The maximum absolute atomic E-state index is 17.2. The Morgan fingerprint density at radius 3 is 2.73 bits per heavy atom. The fourth-order valence-electron chi connectivity index (χ4n) is 6.84. The average Bonchev–Trinajstić information content (AvgIpc) is 3.60. The maximum Gasteiger partial charge on any atom is 0.228 e. The van der Waals surface area contributed by atoms with Crippen molar-refractivity contribution in [3.8, 4) is 0 Å². The normalized spacial score (nSPS) is 45.0. The Hall–Kier alpha value is -1.44. The number of halogens is 4. The van der Waals surface area contributed by atoms with Gasteiger partial charge in [0.2, 0.25) is 6.41 Å². The van der Waals surface area contributed by atoms with Crippen LogP contribution in [0.5, 0.6) is 0 Å². The summed E-state index contributed by atoms with van der Waals surface area (Å²) in [4.78, 5) is 11.4. The second kappa shape index (κ2) is 11.0. The molecule has 1 saturated carbocycles. The van der Waals surface area contributed by atoms with E-state index in [2.05, 4.69) is 38.3 Å². The molecule has 0 spiro atoms. The number of dihydropyridines is 1. The highest BCUT2D eigenvalue weighted by molar-refractivity contribution is 6.23. The number of aliphatic imine (C=N–C) groups is 2. The summed E-state index contributed by atoms with van der Waals surface area (Å²) in [6, 6.07) is 0. The molecule has 220 valence electrons. The van der Waals surface area contributed by atoms with Gasteiger partial charge in [-0.05, 0) is 31.6 Å². The van der Waals surface area contributed by atoms with E-state index in [0.717, 1.165) is 31.3 Å². The number of alkyl halides is 4. The van der Waals surface area contributed by atoms with Crippen LogP contribution in [0.2, 0.25) is 0 Å². The molecule has 4 heterocycles. The summed E-state index contributed by atoms with van der Waals surface area (Å²) in [5, 5.41) is 15.5. The molecule has 0 amide bonds. The van der Waals surface area contributed by atoms with Crippen LogP contribution >= 0.6 is 23.2 Å². The number of rotatable bonds is 6. The lowest BCUT2D eigenvalue weighted by Crippen LogP contribution is -2.66. The van der Waals surface area contributed by atoms with Gasteiger partial charge in [-0.2, -0.15) is 0 Å². The summed E-state index contributed by atoms with van der Waals surface area (Å²) in [6.45, 7) is 4.65. The number of aliphatic hydroxyl groups excluding tert-OH is 1. The van der Waals surface area contributed by atoms with Crippen LogP contribution in [-0.4, -0.2) is 88.4 Å². The van der Waals surface area contributed by atoms with Crippen LogP contribution in [0.15, 0.2) is 45.4 Å². The van der Waals surface area contributed by atoms with Crippen LogP contribution in [0.1, 0.15) is 39.5 Å². The summed E-state index contributed by atoms with van der Waals surface area (Å²) in [6.07, 6.45) is 7.28. The third-order valence-electron chi connectivity index (χ3n) is 9.04. The van der Waals surface area contributed by atoms with Gasteiger partial charge in [-0.1, -0.05) is 44.1 Å². The van der Waals surface area contributed by atoms with Gasteiger partial charge < -0.3 is 15.2 Å². The zero-order valence-electron chi connectivity index (χ0n) is 22.5. The van der Waals surface area contributed by atoms with Crippen LogP contribution in [0.3, 0.4) is 0 Å². The Bertz CT molecular complexity index is 1140. The predicted octanol–water partition coefficient (Wildman–Crippen LogP) is 2.58. The lowest BCUT2D eigenvalue weighted by Gasteiger charge is -2.46. The quantitative estimate of drug-likeness (QED) is 0.299. The monoisotopic (exact) mass is 599 g/mol. The van der Waals surface area contributed by atoms with E-state index in [0.29, 0.717) is 30.8 Å². The van der Waals surface area contributed by atoms with Crippen molar-refractivity contribution < 1.29 is 18.6 Å². The van der Waals surface area contributed by atoms with Crippen molar-refractivity contribution in [3.63, 3.8) is 0 Å². The van der Waals surface area contributed by atoms with Gasteiger partial charge in [0.15, 0.2) is 17.6 Å². The number of amidine groups is 1. The Morgan fingerprint density at radius 2 is 2.02 bits per heavy atom. The van der Waals surface area contributed by atoms with Gasteiger partial charge in [0.05, 0.1) is 17.3 Å². The first-order valence-electron chi connectivity index (χ1n) is 14.0. The molecule has 4 aliphatic heterocycles. The van der Waals surface area contributed by atoms with Crippen LogP contribution in [0.4, 0.5) is 8.78 Å². The van der Waals surface area contributed by atoms with E-state index in [9.17, 15) is 5.11 Å². The topological polar surface area (TPSA) is 106 Å². The molecule has 9 nitrogen and oxygen atoms in total. The highest BCUT2D eigenvalue weighted by Gasteiger charge is 2.65. The lowest BCUT2D eigenvalue weighted by atomic mass is 9.81. The number of hydrazine groups is 1. The van der Waals surface area contributed by atoms with Gasteiger partial charge in [0, 0.05) is 23.9 Å². The molecule has 5 N–H and O–H groups in total. The van der Waals surface area contributed by atoms with E-state index in [1.807, 2.05) is 6.08 Å². The molecular formula is C27H37Cl2F2N7O2. The molecule has 0 aromatic carbocycles. The highest BCUT2D eigenvalue weighted by atomic mass is 35.5. The molecule has 6 rings (SSSR count). The number of nitrogens with zero attached hydrogens (tertiary/aromatic N) is 3. The number of nitrogens with one attached hydrogen (secondary N) is 4. The number of ether oxygens (including phenoxy) is 1. The van der Waals surface area contributed by atoms with Gasteiger partial charge in [-0.25, -0.2) is 24.6 Å². The lowest BCUT2D eigenvalue weighted by molar-refractivity contribution is -0.0857. The van der Waals surface area contributed by atoms with E-state index in [-0.39, 0.29) is 11.0 Å². The molecule has 0 aromatic heterocycles. The smallest absolute Gasteiger partial charge is 0.228 e. The minimum atomic E-state index is -2.14. The van der Waals surface area contributed by atoms with Crippen molar-refractivity contribution >= 4 is 35.3 Å². The molecule has 13 heteroatoms. The second-order valence-corrected chi connectivity index (χ2v) is 12.9. The molecule has 2 saturated heterocycles. The van der Waals surface area contributed by atoms with Crippen LogP contribution in [-0.2, 0) is 4.74 Å². The van der Waals surface area contributed by atoms with Gasteiger partial charge >= 0.3 is 0 Å². The van der Waals surface area contributed by atoms with E-state index in [1.165, 1.54) is 19.1 Å². The third kappa shape index (κ3) is 4.96. The summed E-state index contributed by atoms with van der Waals surface area (Å²) in [5.41, 5.74) is 3.01. The highest BCUT2D eigenvalue weighted by Crippen LogP contribution is 2.46. The van der Waals surface area contributed by atoms with Crippen molar-refractivity contribution in [3.05, 3.63) is 35.5 Å². The maximum atomic E-state index is 17.2. The number of allylic oxidation sites excluding steroid dienone is 3. The van der Waals surface area contributed by atoms with E-state index >= 15 is 8.78 Å². The minimum absolute atomic E-state index is 0.0104. The average molecular weight is 601 g/mol. The Labute approximate surface area is 243 Å². The van der Waals surface area contributed by atoms with Gasteiger partial charge in [0.1, 0.15) is 24.3 Å². The van der Waals surface area contributed by atoms with Crippen molar-refractivity contribution in [2.24, 2.45) is 21.8 Å². The zero-order chi connectivity index (χ0) is 28.2. The summed E-state index contributed by atoms with van der Waals surface area (Å²) >= 11 is 12.8. The van der Waals surface area contributed by atoms with Crippen LogP contribution in [0.25, 0.3) is 0 Å². The minimum Gasteiger partial charge on any atom is -0.355 e. The largest absolute Gasteiger partial charge is 0.355 e. The van der Waals surface area contributed by atoms with Crippen molar-refractivity contribution in [1.82, 2.24) is 26.4 Å². The van der Waals surface area contributed by atoms with Crippen molar-refractivity contribution in [2.75, 3.05) is 13.1 Å². The summed E-state index contributed by atoms with van der Waals surface area (Å²) in [7, 11) is 0. The van der Waals surface area contributed by atoms with Crippen molar-refractivity contribution in [1.29, 1.82) is 0 Å². The number of hydrogen-bond donors (Lipinski definition) is 5. The molecule has 2 aliphatic carbocycles. The first kappa shape index (κ1) is 28.7. The fraction of sp³-hybridized carbons (Fsp3) is 0.704. The van der Waals surface area contributed by atoms with E-state index in [4.69, 9.17) is 32.9 Å². The van der Waals surface area contributed by atoms with Gasteiger partial charge in [0.25, 0.3) is 0 Å². The zero-order valence-corrected chi connectivity index (χ0v) is 24.0. The van der Waals surface area contributed by atoms with Crippen LogP contribution < -0.4 is 21.5 Å². The molecule has 3 fully saturated rings. The second-order valence-electron chi connectivity index (χ2n) is 11.9. The number of hydrogen-bond acceptors (Lipinski definition) is 9. The van der Waals surface area contributed by atoms with E-state index < -0.39 is 47.9 Å². The fourth-order valence-corrected chi connectivity index (χ4v) is 7.27. The van der Waals surface area contributed by atoms with Gasteiger partial charge in [-0.3, -0.25) is 15.2 Å². The Balaban J connectivity index is 1.43. The first-order chi connectivity index (χ1) is 19.1.